The fraction of sp³-hybridized carbons (Fsp3) is 0.269. The number of piperidine rings is 1. The number of likely N-dealkylation sites (tertiary alicyclic amines) is 1. The van der Waals surface area contributed by atoms with Crippen molar-refractivity contribution in [2.75, 3.05) is 20.2 Å². The monoisotopic (exact) mass is 461 g/mol. The number of carbonyl (C=O) groups is 1. The Morgan fingerprint density at radius 2 is 1.97 bits per heavy atom. The highest BCUT2D eigenvalue weighted by Gasteiger charge is 2.30. The van der Waals surface area contributed by atoms with Crippen LogP contribution in [-0.4, -0.2) is 41.1 Å². The van der Waals surface area contributed by atoms with E-state index in [2.05, 4.69) is 10.1 Å². The highest BCUT2D eigenvalue weighted by molar-refractivity contribution is 5.92. The normalized spacial score (nSPS) is 15.9. The van der Waals surface area contributed by atoms with Crippen molar-refractivity contribution in [2.45, 2.75) is 25.2 Å². The number of methoxy groups -OCH3 is 1. The third kappa shape index (κ3) is 4.71. The molecule has 0 saturated carbocycles. The first kappa shape index (κ1) is 21.9. The van der Waals surface area contributed by atoms with Crippen molar-refractivity contribution in [3.8, 4) is 17.0 Å². The number of rotatable bonds is 6. The zero-order valence-corrected chi connectivity index (χ0v) is 18.7. The summed E-state index contributed by atoms with van der Waals surface area (Å²) in [5.41, 5.74) is 2.38. The average Bonchev–Trinajstić information content (AvgIpc) is 3.56. The zero-order chi connectivity index (χ0) is 23.5. The number of carbonyl (C=O) groups excluding carboxylic acids is 1. The van der Waals surface area contributed by atoms with Gasteiger partial charge in [0.25, 0.3) is 5.91 Å². The van der Waals surface area contributed by atoms with E-state index in [0.29, 0.717) is 36.9 Å². The number of hydrogen-bond acceptors (Lipinski definition) is 6. The van der Waals surface area contributed by atoms with Crippen LogP contribution < -0.4 is 4.74 Å². The first-order chi connectivity index (χ1) is 16.6. The molecule has 1 unspecified atom stereocenters. The smallest absolute Gasteiger partial charge is 0.292 e. The third-order valence-electron chi connectivity index (χ3n) is 6.03. The van der Waals surface area contributed by atoms with Gasteiger partial charge in [-0.15, -0.1) is 0 Å². The average molecular weight is 461 g/mol. The maximum absolute atomic E-state index is 13.1. The van der Waals surface area contributed by atoms with Gasteiger partial charge in [0.15, 0.2) is 5.89 Å². The molecule has 1 aliphatic rings. The van der Waals surface area contributed by atoms with Crippen LogP contribution in [0.15, 0.2) is 69.7 Å². The Labute approximate surface area is 196 Å². The summed E-state index contributed by atoms with van der Waals surface area (Å²) in [6.07, 6.45) is 3.96. The number of ether oxygens (including phenoxy) is 1. The van der Waals surface area contributed by atoms with Crippen LogP contribution >= 0.6 is 0 Å². The van der Waals surface area contributed by atoms with Crippen molar-refractivity contribution >= 4 is 5.91 Å². The summed E-state index contributed by atoms with van der Waals surface area (Å²) in [7, 11) is 1.61. The summed E-state index contributed by atoms with van der Waals surface area (Å²) >= 11 is 0. The van der Waals surface area contributed by atoms with Crippen LogP contribution in [0.4, 0.5) is 4.39 Å². The quantitative estimate of drug-likeness (QED) is 0.398. The van der Waals surface area contributed by atoms with Crippen molar-refractivity contribution in [1.29, 1.82) is 0 Å². The van der Waals surface area contributed by atoms with Gasteiger partial charge < -0.3 is 18.6 Å². The molecule has 1 aliphatic heterocycles. The van der Waals surface area contributed by atoms with Crippen molar-refractivity contribution in [2.24, 2.45) is 0 Å². The van der Waals surface area contributed by atoms with E-state index in [1.54, 1.807) is 36.4 Å². The van der Waals surface area contributed by atoms with Gasteiger partial charge >= 0.3 is 0 Å². The first-order valence-corrected chi connectivity index (χ1v) is 11.2. The van der Waals surface area contributed by atoms with Crippen molar-refractivity contribution < 1.29 is 22.9 Å². The molecule has 8 heteroatoms. The van der Waals surface area contributed by atoms with E-state index < -0.39 is 0 Å². The van der Waals surface area contributed by atoms with Gasteiger partial charge in [-0.3, -0.25) is 4.79 Å². The lowest BCUT2D eigenvalue weighted by molar-refractivity contribution is 0.0656. The molecule has 3 heterocycles. The maximum atomic E-state index is 13.1. The Balaban J connectivity index is 1.24. The summed E-state index contributed by atoms with van der Waals surface area (Å²) in [5.74, 6) is 1.82. The minimum atomic E-state index is -0.267. The van der Waals surface area contributed by atoms with E-state index >= 15 is 0 Å². The molecular formula is C26H24FN3O4. The molecule has 4 aromatic rings. The molecule has 34 heavy (non-hydrogen) atoms. The predicted molar refractivity (Wildman–Crippen MR) is 122 cm³/mol. The predicted octanol–water partition coefficient (Wildman–Crippen LogP) is 5.09. The highest BCUT2D eigenvalue weighted by Crippen LogP contribution is 2.29. The Bertz CT molecular complexity index is 1260. The molecular weight excluding hydrogens is 437 g/mol. The molecule has 1 amide bonds. The SMILES string of the molecule is COc1ccc(-c2cc(C(=O)N3CCCC(c4ncc(Cc5ccc(F)cc5)o4)C3)on2)cc1. The van der Waals surface area contributed by atoms with E-state index in [0.717, 1.165) is 29.7 Å². The fourth-order valence-corrected chi connectivity index (χ4v) is 4.19. The van der Waals surface area contributed by atoms with Crippen LogP contribution in [0, 0.1) is 5.82 Å². The number of benzene rings is 2. The molecule has 2 aromatic heterocycles. The van der Waals surface area contributed by atoms with E-state index in [4.69, 9.17) is 13.7 Å². The molecule has 0 radical (unpaired) electrons. The summed E-state index contributed by atoms with van der Waals surface area (Å²) in [6, 6.07) is 15.4. The number of nitrogens with zero attached hydrogens (tertiary/aromatic N) is 3. The standard InChI is InChI=1S/C26H24FN3O4/c1-32-21-10-6-18(7-11-21)23-14-24(34-29-23)26(31)30-12-2-3-19(16-30)25-28-15-22(33-25)13-17-4-8-20(27)9-5-17/h4-11,14-15,19H,2-3,12-13,16H2,1H3. The lowest BCUT2D eigenvalue weighted by Crippen LogP contribution is -2.39. The third-order valence-corrected chi connectivity index (χ3v) is 6.03. The molecule has 0 bridgehead atoms. The largest absolute Gasteiger partial charge is 0.497 e. The molecule has 5 rings (SSSR count). The van der Waals surface area contributed by atoms with Crippen molar-refractivity contribution in [3.05, 3.63) is 89.6 Å². The van der Waals surface area contributed by atoms with Crippen LogP contribution in [0.1, 0.15) is 46.5 Å². The Hall–Kier alpha value is -3.94. The lowest BCUT2D eigenvalue weighted by Gasteiger charge is -2.30. The summed E-state index contributed by atoms with van der Waals surface area (Å²) in [4.78, 5) is 19.3. The van der Waals surface area contributed by atoms with Gasteiger partial charge in [-0.2, -0.15) is 0 Å². The molecule has 0 aliphatic carbocycles. The van der Waals surface area contributed by atoms with Gasteiger partial charge in [0.1, 0.15) is 23.0 Å². The van der Waals surface area contributed by atoms with Crippen molar-refractivity contribution in [3.63, 3.8) is 0 Å². The van der Waals surface area contributed by atoms with Crippen LogP contribution in [0.5, 0.6) is 5.75 Å². The number of hydrogen-bond donors (Lipinski definition) is 0. The van der Waals surface area contributed by atoms with Gasteiger partial charge in [0.05, 0.1) is 19.2 Å². The van der Waals surface area contributed by atoms with E-state index in [9.17, 15) is 9.18 Å². The molecule has 1 saturated heterocycles. The van der Waals surface area contributed by atoms with Crippen LogP contribution in [0.2, 0.25) is 0 Å². The number of oxazole rings is 1. The first-order valence-electron chi connectivity index (χ1n) is 11.2. The topological polar surface area (TPSA) is 81.6 Å². The maximum Gasteiger partial charge on any atom is 0.292 e. The summed E-state index contributed by atoms with van der Waals surface area (Å²) in [6.45, 7) is 1.13. The summed E-state index contributed by atoms with van der Waals surface area (Å²) in [5, 5.41) is 4.07. The van der Waals surface area contributed by atoms with Crippen molar-refractivity contribution in [1.82, 2.24) is 15.0 Å². The highest BCUT2D eigenvalue weighted by atomic mass is 19.1. The molecule has 7 nitrogen and oxygen atoms in total. The fourth-order valence-electron chi connectivity index (χ4n) is 4.19. The number of aromatic nitrogens is 2. The van der Waals surface area contributed by atoms with Gasteiger partial charge in [0.2, 0.25) is 5.76 Å². The Morgan fingerprint density at radius 3 is 2.74 bits per heavy atom. The molecule has 1 fully saturated rings. The Kier molecular flexibility index (Phi) is 6.12. The lowest BCUT2D eigenvalue weighted by atomic mass is 9.97. The van der Waals surface area contributed by atoms with Gasteiger partial charge in [-0.1, -0.05) is 17.3 Å². The zero-order valence-electron chi connectivity index (χ0n) is 18.7. The van der Waals surface area contributed by atoms with E-state index in [1.807, 2.05) is 24.3 Å². The van der Waals surface area contributed by atoms with Crippen LogP contribution in [0.3, 0.4) is 0 Å². The van der Waals surface area contributed by atoms with E-state index in [1.165, 1.54) is 12.1 Å². The number of halogens is 1. The molecule has 174 valence electrons. The van der Waals surface area contributed by atoms with Gasteiger partial charge in [-0.25, -0.2) is 9.37 Å². The minimum absolute atomic E-state index is 0.00338. The molecule has 2 aromatic carbocycles. The second-order valence-electron chi connectivity index (χ2n) is 8.36. The summed E-state index contributed by atoms with van der Waals surface area (Å²) < 4.78 is 29.7. The van der Waals surface area contributed by atoms with Gasteiger partial charge in [-0.05, 0) is 54.8 Å². The van der Waals surface area contributed by atoms with Crippen LogP contribution in [-0.2, 0) is 6.42 Å². The molecule has 0 N–H and O–H groups in total. The second-order valence-corrected chi connectivity index (χ2v) is 8.36. The molecule has 0 spiro atoms. The Morgan fingerprint density at radius 1 is 1.18 bits per heavy atom. The second kappa shape index (κ2) is 9.51. The minimum Gasteiger partial charge on any atom is -0.497 e. The van der Waals surface area contributed by atoms with Crippen LogP contribution in [0.25, 0.3) is 11.3 Å². The molecule has 1 atom stereocenters. The van der Waals surface area contributed by atoms with E-state index in [-0.39, 0.29) is 23.4 Å². The number of amides is 1. The van der Waals surface area contributed by atoms with Gasteiger partial charge in [0, 0.05) is 31.1 Å².